The summed E-state index contributed by atoms with van der Waals surface area (Å²) in [6.07, 6.45) is 12.9. The summed E-state index contributed by atoms with van der Waals surface area (Å²) in [4.78, 5) is 5.33. The van der Waals surface area contributed by atoms with E-state index in [0.29, 0.717) is 5.41 Å². The first-order chi connectivity index (χ1) is 10.5. The third-order valence-electron chi connectivity index (χ3n) is 4.74. The Balaban J connectivity index is 1.91. The molecule has 2 nitrogen and oxygen atoms in total. The number of piperazine rings is 1. The third kappa shape index (κ3) is 10.6. The van der Waals surface area contributed by atoms with Gasteiger partial charge < -0.3 is 9.80 Å². The summed E-state index contributed by atoms with van der Waals surface area (Å²) in [7, 11) is 0. The van der Waals surface area contributed by atoms with Crippen LogP contribution < -0.4 is 0 Å². The summed E-state index contributed by atoms with van der Waals surface area (Å²) in [5.41, 5.74) is 0.444. The Kier molecular flexibility index (Phi) is 10.4. The standard InChI is InChI=1S/C20H42N2/c1-5-6-7-8-9-10-11-12-13-14-21-15-17-22(18-16-21)19-20(2,3)4/h5-19H2,1-4H3. The Bertz CT molecular complexity index is 249. The van der Waals surface area contributed by atoms with Gasteiger partial charge >= 0.3 is 0 Å². The average molecular weight is 311 g/mol. The molecule has 1 heterocycles. The Morgan fingerprint density at radius 3 is 1.59 bits per heavy atom. The minimum atomic E-state index is 0.444. The minimum Gasteiger partial charge on any atom is -0.301 e. The summed E-state index contributed by atoms with van der Waals surface area (Å²) in [6, 6.07) is 0. The first kappa shape index (κ1) is 20.0. The van der Waals surface area contributed by atoms with E-state index < -0.39 is 0 Å². The van der Waals surface area contributed by atoms with Gasteiger partial charge in [-0.15, -0.1) is 0 Å². The van der Waals surface area contributed by atoms with Gasteiger partial charge in [-0.3, -0.25) is 0 Å². The van der Waals surface area contributed by atoms with E-state index in [2.05, 4.69) is 37.5 Å². The molecule has 1 aliphatic rings. The Hall–Kier alpha value is -0.0800. The highest BCUT2D eigenvalue weighted by Gasteiger charge is 2.20. The smallest absolute Gasteiger partial charge is 0.0110 e. The molecule has 0 N–H and O–H groups in total. The lowest BCUT2D eigenvalue weighted by Gasteiger charge is -2.37. The fourth-order valence-electron chi connectivity index (χ4n) is 3.49. The van der Waals surface area contributed by atoms with E-state index in [-0.39, 0.29) is 0 Å². The van der Waals surface area contributed by atoms with Crippen LogP contribution in [-0.2, 0) is 0 Å². The van der Waals surface area contributed by atoms with E-state index in [9.17, 15) is 0 Å². The van der Waals surface area contributed by atoms with Crippen LogP contribution in [0.3, 0.4) is 0 Å². The largest absolute Gasteiger partial charge is 0.301 e. The lowest BCUT2D eigenvalue weighted by molar-refractivity contribution is 0.101. The molecule has 132 valence electrons. The van der Waals surface area contributed by atoms with Crippen LogP contribution in [0, 0.1) is 5.41 Å². The van der Waals surface area contributed by atoms with Gasteiger partial charge in [-0.05, 0) is 18.4 Å². The maximum Gasteiger partial charge on any atom is 0.0110 e. The molecule has 0 amide bonds. The molecule has 0 bridgehead atoms. The maximum absolute atomic E-state index is 2.68. The van der Waals surface area contributed by atoms with Crippen LogP contribution in [0.4, 0.5) is 0 Å². The summed E-state index contributed by atoms with van der Waals surface area (Å²) in [5.74, 6) is 0. The number of nitrogens with zero attached hydrogens (tertiary/aromatic N) is 2. The predicted octanol–water partition coefficient (Wildman–Crippen LogP) is 5.18. The summed E-state index contributed by atoms with van der Waals surface area (Å²) >= 11 is 0. The van der Waals surface area contributed by atoms with Crippen LogP contribution in [0.5, 0.6) is 0 Å². The van der Waals surface area contributed by atoms with Crippen LogP contribution in [0.25, 0.3) is 0 Å². The first-order valence-corrected chi connectivity index (χ1v) is 9.96. The molecular weight excluding hydrogens is 268 g/mol. The molecule has 0 atom stereocenters. The molecule has 2 heteroatoms. The fourth-order valence-corrected chi connectivity index (χ4v) is 3.49. The minimum absolute atomic E-state index is 0.444. The number of hydrogen-bond donors (Lipinski definition) is 0. The number of hydrogen-bond acceptors (Lipinski definition) is 2. The SMILES string of the molecule is CCCCCCCCCCCN1CCN(CC(C)(C)C)CC1. The van der Waals surface area contributed by atoms with Crippen molar-refractivity contribution in [2.75, 3.05) is 39.3 Å². The van der Waals surface area contributed by atoms with E-state index in [1.165, 1.54) is 97.1 Å². The van der Waals surface area contributed by atoms with Crippen molar-refractivity contribution in [2.45, 2.75) is 85.5 Å². The van der Waals surface area contributed by atoms with Gasteiger partial charge in [-0.2, -0.15) is 0 Å². The monoisotopic (exact) mass is 310 g/mol. The molecule has 0 saturated carbocycles. The van der Waals surface area contributed by atoms with E-state index in [1.54, 1.807) is 0 Å². The van der Waals surface area contributed by atoms with Crippen molar-refractivity contribution in [3.05, 3.63) is 0 Å². The highest BCUT2D eigenvalue weighted by Crippen LogP contribution is 2.17. The van der Waals surface area contributed by atoms with Gasteiger partial charge in [0.1, 0.15) is 0 Å². The van der Waals surface area contributed by atoms with Crippen molar-refractivity contribution in [1.82, 2.24) is 9.80 Å². The number of rotatable bonds is 11. The highest BCUT2D eigenvalue weighted by atomic mass is 15.3. The van der Waals surface area contributed by atoms with Gasteiger partial charge in [0.2, 0.25) is 0 Å². The molecule has 22 heavy (non-hydrogen) atoms. The Morgan fingerprint density at radius 2 is 1.09 bits per heavy atom. The summed E-state index contributed by atoms with van der Waals surface area (Å²) in [5, 5.41) is 0. The zero-order valence-electron chi connectivity index (χ0n) is 16.0. The molecule has 0 aliphatic carbocycles. The van der Waals surface area contributed by atoms with Crippen molar-refractivity contribution >= 4 is 0 Å². The van der Waals surface area contributed by atoms with Gasteiger partial charge in [0.25, 0.3) is 0 Å². The lowest BCUT2D eigenvalue weighted by atomic mass is 9.96. The molecule has 1 aliphatic heterocycles. The zero-order chi connectivity index (χ0) is 16.3. The zero-order valence-corrected chi connectivity index (χ0v) is 16.0. The second-order valence-corrected chi connectivity index (χ2v) is 8.51. The van der Waals surface area contributed by atoms with Crippen molar-refractivity contribution < 1.29 is 0 Å². The quantitative estimate of drug-likeness (QED) is 0.485. The van der Waals surface area contributed by atoms with Crippen LogP contribution in [0.15, 0.2) is 0 Å². The van der Waals surface area contributed by atoms with E-state index in [4.69, 9.17) is 0 Å². The third-order valence-corrected chi connectivity index (χ3v) is 4.74. The molecule has 0 spiro atoms. The lowest BCUT2D eigenvalue weighted by Crippen LogP contribution is -2.48. The van der Waals surface area contributed by atoms with Gasteiger partial charge in [0.15, 0.2) is 0 Å². The molecule has 1 saturated heterocycles. The van der Waals surface area contributed by atoms with Gasteiger partial charge in [0, 0.05) is 32.7 Å². The second-order valence-electron chi connectivity index (χ2n) is 8.51. The first-order valence-electron chi connectivity index (χ1n) is 9.96. The fraction of sp³-hybridized carbons (Fsp3) is 1.00. The van der Waals surface area contributed by atoms with E-state index in [1.807, 2.05) is 0 Å². The molecule has 0 aromatic carbocycles. The Morgan fingerprint density at radius 1 is 0.636 bits per heavy atom. The molecule has 0 aromatic rings. The normalized spacial score (nSPS) is 18.0. The number of unbranched alkanes of at least 4 members (excludes halogenated alkanes) is 8. The average Bonchev–Trinajstić information content (AvgIpc) is 2.46. The topological polar surface area (TPSA) is 6.48 Å². The van der Waals surface area contributed by atoms with Gasteiger partial charge in [0.05, 0.1) is 0 Å². The van der Waals surface area contributed by atoms with Gasteiger partial charge in [-0.25, -0.2) is 0 Å². The summed E-state index contributed by atoms with van der Waals surface area (Å²) in [6.45, 7) is 17.0. The van der Waals surface area contributed by atoms with Crippen molar-refractivity contribution in [3.8, 4) is 0 Å². The van der Waals surface area contributed by atoms with E-state index >= 15 is 0 Å². The predicted molar refractivity (Wildman–Crippen MR) is 99.6 cm³/mol. The van der Waals surface area contributed by atoms with Crippen LogP contribution in [0.2, 0.25) is 0 Å². The molecular formula is C20H42N2. The molecule has 0 radical (unpaired) electrons. The van der Waals surface area contributed by atoms with Crippen LogP contribution in [0.1, 0.15) is 85.5 Å². The molecule has 1 fully saturated rings. The van der Waals surface area contributed by atoms with Crippen molar-refractivity contribution in [3.63, 3.8) is 0 Å². The Labute approximate surface area is 140 Å². The highest BCUT2D eigenvalue weighted by molar-refractivity contribution is 4.76. The second kappa shape index (κ2) is 11.5. The summed E-state index contributed by atoms with van der Waals surface area (Å²) < 4.78 is 0. The van der Waals surface area contributed by atoms with Gasteiger partial charge in [-0.1, -0.05) is 79.1 Å². The maximum atomic E-state index is 2.68. The van der Waals surface area contributed by atoms with E-state index in [0.717, 1.165) is 0 Å². The molecule has 0 aromatic heterocycles. The van der Waals surface area contributed by atoms with Crippen LogP contribution in [-0.4, -0.2) is 49.1 Å². The molecule has 0 unspecified atom stereocenters. The van der Waals surface area contributed by atoms with Crippen molar-refractivity contribution in [1.29, 1.82) is 0 Å². The van der Waals surface area contributed by atoms with Crippen molar-refractivity contribution in [2.24, 2.45) is 5.41 Å². The van der Waals surface area contributed by atoms with Crippen LogP contribution >= 0.6 is 0 Å². The molecule has 1 rings (SSSR count).